The van der Waals surface area contributed by atoms with Crippen LogP contribution in [0.5, 0.6) is 5.75 Å². The number of amides is 3. The monoisotopic (exact) mass is 441 g/mol. The fourth-order valence-electron chi connectivity index (χ4n) is 3.25. The Labute approximate surface area is 186 Å². The average Bonchev–Trinajstić information content (AvgIpc) is 2.80. The van der Waals surface area contributed by atoms with Gasteiger partial charge in [-0.2, -0.15) is 0 Å². The first-order valence-electron chi connectivity index (χ1n) is 10.3. The predicted molar refractivity (Wildman–Crippen MR) is 119 cm³/mol. The molecule has 2 aromatic rings. The van der Waals surface area contributed by atoms with Crippen LogP contribution in [-0.4, -0.2) is 74.2 Å². The van der Waals surface area contributed by atoms with Crippen molar-refractivity contribution < 1.29 is 23.9 Å². The number of nitrogens with zero attached hydrogens (tertiary/aromatic N) is 3. The van der Waals surface area contributed by atoms with Gasteiger partial charge in [-0.25, -0.2) is 14.6 Å². The van der Waals surface area contributed by atoms with Gasteiger partial charge in [-0.1, -0.05) is 0 Å². The van der Waals surface area contributed by atoms with E-state index in [-0.39, 0.29) is 12.5 Å². The lowest BCUT2D eigenvalue weighted by Gasteiger charge is -2.34. The normalized spacial score (nSPS) is 13.9. The molecule has 2 heterocycles. The van der Waals surface area contributed by atoms with E-state index < -0.39 is 12.0 Å². The number of carbonyl (C=O) groups excluding carboxylic acids is 3. The molecule has 1 saturated heterocycles. The molecule has 0 unspecified atom stereocenters. The highest BCUT2D eigenvalue weighted by atomic mass is 16.5. The molecule has 10 heteroatoms. The highest BCUT2D eigenvalue weighted by molar-refractivity contribution is 6.01. The average molecular weight is 441 g/mol. The second-order valence-electron chi connectivity index (χ2n) is 7.12. The molecule has 1 aliphatic heterocycles. The molecule has 170 valence electrons. The topological polar surface area (TPSA) is 113 Å². The molecule has 3 amide bonds. The van der Waals surface area contributed by atoms with Crippen LogP contribution in [0, 0.1) is 0 Å². The molecule has 1 aromatic carbocycles. The van der Waals surface area contributed by atoms with Crippen LogP contribution < -0.4 is 20.3 Å². The third-order valence-electron chi connectivity index (χ3n) is 4.92. The number of benzene rings is 1. The first kappa shape index (κ1) is 23.0. The summed E-state index contributed by atoms with van der Waals surface area (Å²) in [6.45, 7) is 4.85. The van der Waals surface area contributed by atoms with E-state index in [1.807, 2.05) is 4.90 Å². The van der Waals surface area contributed by atoms with Crippen LogP contribution >= 0.6 is 0 Å². The van der Waals surface area contributed by atoms with Crippen molar-refractivity contribution in [2.75, 3.05) is 56.7 Å². The third kappa shape index (κ3) is 6.42. The molecule has 0 atom stereocenters. The molecule has 10 nitrogen and oxygen atoms in total. The van der Waals surface area contributed by atoms with Crippen LogP contribution in [0.2, 0.25) is 0 Å². The molecular formula is C22H27N5O5. The Morgan fingerprint density at radius 3 is 2.34 bits per heavy atom. The van der Waals surface area contributed by atoms with Gasteiger partial charge in [-0.15, -0.1) is 0 Å². The molecule has 1 aliphatic rings. The van der Waals surface area contributed by atoms with Gasteiger partial charge in [0.05, 0.1) is 25.8 Å². The van der Waals surface area contributed by atoms with Gasteiger partial charge in [-0.3, -0.25) is 15.0 Å². The number of anilines is 2. The number of carbonyl (C=O) groups is 3. The van der Waals surface area contributed by atoms with Crippen molar-refractivity contribution >= 4 is 29.4 Å². The van der Waals surface area contributed by atoms with Gasteiger partial charge in [0, 0.05) is 38.1 Å². The summed E-state index contributed by atoms with van der Waals surface area (Å²) in [5.41, 5.74) is 0.977. The maximum atomic E-state index is 12.2. The Morgan fingerprint density at radius 2 is 1.75 bits per heavy atom. The number of methoxy groups -OCH3 is 1. The summed E-state index contributed by atoms with van der Waals surface area (Å²) in [6.07, 6.45) is 1.51. The van der Waals surface area contributed by atoms with E-state index in [2.05, 4.69) is 20.5 Å². The molecule has 0 bridgehead atoms. The lowest BCUT2D eigenvalue weighted by atomic mass is 10.2. The number of aromatic nitrogens is 1. The number of rotatable bonds is 7. The number of hydrogen-bond acceptors (Lipinski definition) is 8. The second-order valence-corrected chi connectivity index (χ2v) is 7.12. The summed E-state index contributed by atoms with van der Waals surface area (Å²) in [5.74, 6) is 0.678. The Balaban J connectivity index is 1.41. The number of esters is 1. The lowest BCUT2D eigenvalue weighted by molar-refractivity contribution is -0.121. The summed E-state index contributed by atoms with van der Waals surface area (Å²) in [6, 6.07) is 9.72. The van der Waals surface area contributed by atoms with Gasteiger partial charge in [0.2, 0.25) is 5.91 Å². The number of imide groups is 1. The SMILES string of the molecule is CCOC(=O)c1ccc(N2CCN(CC(=O)NC(=O)Nc3ccc(OC)cc3)CC2)nc1. The fraction of sp³-hybridized carbons (Fsp3) is 0.364. The molecule has 2 N–H and O–H groups in total. The molecule has 32 heavy (non-hydrogen) atoms. The van der Waals surface area contributed by atoms with E-state index in [0.717, 1.165) is 5.82 Å². The van der Waals surface area contributed by atoms with Crippen molar-refractivity contribution in [3.8, 4) is 5.75 Å². The number of pyridine rings is 1. The molecule has 0 spiro atoms. The fourth-order valence-corrected chi connectivity index (χ4v) is 3.25. The van der Waals surface area contributed by atoms with Crippen molar-refractivity contribution in [2.45, 2.75) is 6.92 Å². The third-order valence-corrected chi connectivity index (χ3v) is 4.92. The van der Waals surface area contributed by atoms with Crippen LogP contribution in [0.4, 0.5) is 16.3 Å². The Kier molecular flexibility index (Phi) is 7.98. The number of piperazine rings is 1. The molecule has 1 aromatic heterocycles. The smallest absolute Gasteiger partial charge is 0.339 e. The van der Waals surface area contributed by atoms with E-state index in [1.54, 1.807) is 50.4 Å². The van der Waals surface area contributed by atoms with Crippen molar-refractivity contribution in [1.29, 1.82) is 0 Å². The van der Waals surface area contributed by atoms with Crippen LogP contribution in [-0.2, 0) is 9.53 Å². The van der Waals surface area contributed by atoms with Gasteiger partial charge in [0.1, 0.15) is 11.6 Å². The van der Waals surface area contributed by atoms with Gasteiger partial charge in [0.25, 0.3) is 0 Å². The zero-order valence-electron chi connectivity index (χ0n) is 18.2. The molecule has 0 aliphatic carbocycles. The van der Waals surface area contributed by atoms with Crippen LogP contribution in [0.25, 0.3) is 0 Å². The summed E-state index contributed by atoms with van der Waals surface area (Å²) in [4.78, 5) is 44.4. The minimum absolute atomic E-state index is 0.124. The van der Waals surface area contributed by atoms with Crippen LogP contribution in [0.1, 0.15) is 17.3 Å². The quantitative estimate of drug-likeness (QED) is 0.625. The predicted octanol–water partition coefficient (Wildman–Crippen LogP) is 1.74. The summed E-state index contributed by atoms with van der Waals surface area (Å²) in [5, 5.41) is 4.96. The van der Waals surface area contributed by atoms with Crippen molar-refractivity contribution in [1.82, 2.24) is 15.2 Å². The van der Waals surface area contributed by atoms with E-state index in [1.165, 1.54) is 6.20 Å². The van der Waals surface area contributed by atoms with Gasteiger partial charge in [-0.05, 0) is 43.3 Å². The standard InChI is InChI=1S/C22H27N5O5/c1-3-32-21(29)16-4-9-19(23-14-16)27-12-10-26(11-13-27)15-20(28)25-22(30)24-17-5-7-18(31-2)8-6-17/h4-9,14H,3,10-13,15H2,1-2H3,(H2,24,25,28,30). The second kappa shape index (κ2) is 11.1. The van der Waals surface area contributed by atoms with Crippen molar-refractivity contribution in [3.63, 3.8) is 0 Å². The minimum atomic E-state index is -0.579. The van der Waals surface area contributed by atoms with Gasteiger partial charge in [0.15, 0.2) is 0 Å². The summed E-state index contributed by atoms with van der Waals surface area (Å²) >= 11 is 0. The molecule has 0 radical (unpaired) electrons. The molecule has 0 saturated carbocycles. The van der Waals surface area contributed by atoms with Crippen LogP contribution in [0.3, 0.4) is 0 Å². The Morgan fingerprint density at radius 1 is 1.03 bits per heavy atom. The van der Waals surface area contributed by atoms with Crippen LogP contribution in [0.15, 0.2) is 42.6 Å². The van der Waals surface area contributed by atoms with Crippen molar-refractivity contribution in [3.05, 3.63) is 48.2 Å². The van der Waals surface area contributed by atoms with E-state index in [0.29, 0.717) is 49.8 Å². The first-order valence-corrected chi connectivity index (χ1v) is 10.3. The highest BCUT2D eigenvalue weighted by Crippen LogP contribution is 2.16. The maximum absolute atomic E-state index is 12.2. The zero-order chi connectivity index (χ0) is 22.9. The minimum Gasteiger partial charge on any atom is -0.497 e. The van der Waals surface area contributed by atoms with E-state index in [9.17, 15) is 14.4 Å². The number of urea groups is 1. The summed E-state index contributed by atoms with van der Waals surface area (Å²) < 4.78 is 10.0. The van der Waals surface area contributed by atoms with Gasteiger partial charge < -0.3 is 19.7 Å². The molecular weight excluding hydrogens is 414 g/mol. The zero-order valence-corrected chi connectivity index (χ0v) is 18.2. The largest absolute Gasteiger partial charge is 0.497 e. The molecule has 1 fully saturated rings. The van der Waals surface area contributed by atoms with Gasteiger partial charge >= 0.3 is 12.0 Å². The summed E-state index contributed by atoms with van der Waals surface area (Å²) in [7, 11) is 1.56. The number of nitrogens with one attached hydrogen (secondary N) is 2. The molecule has 3 rings (SSSR count). The van der Waals surface area contributed by atoms with E-state index >= 15 is 0 Å². The Bertz CT molecular complexity index is 925. The Hall–Kier alpha value is -3.66. The first-order chi connectivity index (χ1) is 15.5. The number of hydrogen-bond donors (Lipinski definition) is 2. The maximum Gasteiger partial charge on any atom is 0.339 e. The lowest BCUT2D eigenvalue weighted by Crippen LogP contribution is -2.50. The van der Waals surface area contributed by atoms with E-state index in [4.69, 9.17) is 9.47 Å². The highest BCUT2D eigenvalue weighted by Gasteiger charge is 2.21. The van der Waals surface area contributed by atoms with Crippen molar-refractivity contribution in [2.24, 2.45) is 0 Å². The number of ether oxygens (including phenoxy) is 2.